The van der Waals surface area contributed by atoms with Gasteiger partial charge in [0.1, 0.15) is 5.65 Å². The van der Waals surface area contributed by atoms with Gasteiger partial charge in [-0.25, -0.2) is 4.98 Å². The number of aliphatic hydroxyl groups excluding tert-OH is 1. The molecule has 0 fully saturated rings. The standard InChI is InChI=1S/C18H20N2O/c1-4-15(21)18-17(14-10-8-12(2)9-11-14)19-16-7-5-6-13(3)20(16)18/h5-11,15,21H,4H2,1-3H3. The Morgan fingerprint density at radius 1 is 1.10 bits per heavy atom. The molecule has 1 N–H and O–H groups in total. The molecule has 3 rings (SSSR count). The highest BCUT2D eigenvalue weighted by molar-refractivity contribution is 5.67. The lowest BCUT2D eigenvalue weighted by Crippen LogP contribution is -2.04. The Bertz CT molecular complexity index is 772. The van der Waals surface area contributed by atoms with Crippen molar-refractivity contribution in [2.45, 2.75) is 33.3 Å². The van der Waals surface area contributed by atoms with Gasteiger partial charge in [-0.3, -0.25) is 4.40 Å². The first-order chi connectivity index (χ1) is 10.1. The zero-order chi connectivity index (χ0) is 15.0. The fraction of sp³-hybridized carbons (Fsp3) is 0.278. The van der Waals surface area contributed by atoms with E-state index in [-0.39, 0.29) is 0 Å². The van der Waals surface area contributed by atoms with Crippen LogP contribution >= 0.6 is 0 Å². The number of aliphatic hydroxyl groups is 1. The van der Waals surface area contributed by atoms with Crippen molar-refractivity contribution in [3.05, 3.63) is 59.4 Å². The molecule has 1 atom stereocenters. The Morgan fingerprint density at radius 2 is 1.81 bits per heavy atom. The first-order valence-corrected chi connectivity index (χ1v) is 7.35. The number of rotatable bonds is 3. The number of benzene rings is 1. The van der Waals surface area contributed by atoms with Crippen LogP contribution in [0.25, 0.3) is 16.9 Å². The fourth-order valence-electron chi connectivity index (χ4n) is 2.71. The van der Waals surface area contributed by atoms with Crippen LogP contribution in [-0.4, -0.2) is 14.5 Å². The molecule has 0 amide bonds. The van der Waals surface area contributed by atoms with Gasteiger partial charge in [0, 0.05) is 11.3 Å². The second-order valence-electron chi connectivity index (χ2n) is 5.50. The summed E-state index contributed by atoms with van der Waals surface area (Å²) in [6, 6.07) is 14.3. The fourth-order valence-corrected chi connectivity index (χ4v) is 2.71. The topological polar surface area (TPSA) is 37.5 Å². The van der Waals surface area contributed by atoms with Crippen molar-refractivity contribution in [2.75, 3.05) is 0 Å². The molecule has 1 aromatic carbocycles. The molecule has 21 heavy (non-hydrogen) atoms. The molecule has 2 aromatic heterocycles. The zero-order valence-electron chi connectivity index (χ0n) is 12.7. The second kappa shape index (κ2) is 5.34. The minimum absolute atomic E-state index is 0.516. The van der Waals surface area contributed by atoms with Gasteiger partial charge in [0.15, 0.2) is 0 Å². The first-order valence-electron chi connectivity index (χ1n) is 7.35. The summed E-state index contributed by atoms with van der Waals surface area (Å²) in [6.07, 6.45) is 0.151. The summed E-state index contributed by atoms with van der Waals surface area (Å²) in [7, 11) is 0. The molecule has 108 valence electrons. The molecule has 0 spiro atoms. The average molecular weight is 280 g/mol. The van der Waals surface area contributed by atoms with Gasteiger partial charge >= 0.3 is 0 Å². The molecular weight excluding hydrogens is 260 g/mol. The quantitative estimate of drug-likeness (QED) is 0.785. The normalized spacial score (nSPS) is 12.8. The minimum Gasteiger partial charge on any atom is -0.387 e. The summed E-state index contributed by atoms with van der Waals surface area (Å²) in [6.45, 7) is 6.10. The van der Waals surface area contributed by atoms with E-state index in [1.807, 2.05) is 32.0 Å². The van der Waals surface area contributed by atoms with Crippen LogP contribution in [0.15, 0.2) is 42.5 Å². The maximum Gasteiger partial charge on any atom is 0.137 e. The monoisotopic (exact) mass is 280 g/mol. The number of pyridine rings is 1. The molecule has 0 saturated heterocycles. The van der Waals surface area contributed by atoms with Crippen molar-refractivity contribution in [1.82, 2.24) is 9.38 Å². The summed E-state index contributed by atoms with van der Waals surface area (Å²) < 4.78 is 2.06. The van der Waals surface area contributed by atoms with Gasteiger partial charge in [0.25, 0.3) is 0 Å². The molecule has 1 unspecified atom stereocenters. The minimum atomic E-state index is -0.516. The van der Waals surface area contributed by atoms with Gasteiger partial charge in [-0.05, 0) is 32.4 Å². The van der Waals surface area contributed by atoms with Crippen LogP contribution in [0.4, 0.5) is 0 Å². The number of imidazole rings is 1. The highest BCUT2D eigenvalue weighted by Gasteiger charge is 2.20. The smallest absolute Gasteiger partial charge is 0.137 e. The van der Waals surface area contributed by atoms with E-state index < -0.39 is 6.10 Å². The van der Waals surface area contributed by atoms with E-state index in [9.17, 15) is 5.11 Å². The van der Waals surface area contributed by atoms with Crippen molar-refractivity contribution >= 4 is 5.65 Å². The summed E-state index contributed by atoms with van der Waals surface area (Å²) in [5.74, 6) is 0. The Balaban J connectivity index is 2.31. The number of hydrogen-bond acceptors (Lipinski definition) is 2. The maximum absolute atomic E-state index is 10.5. The third-order valence-electron chi connectivity index (χ3n) is 3.90. The molecule has 2 heterocycles. The van der Waals surface area contributed by atoms with E-state index in [4.69, 9.17) is 4.98 Å². The highest BCUT2D eigenvalue weighted by atomic mass is 16.3. The first kappa shape index (κ1) is 13.8. The number of aryl methyl sites for hydroxylation is 2. The van der Waals surface area contributed by atoms with E-state index in [2.05, 4.69) is 35.6 Å². The van der Waals surface area contributed by atoms with Crippen molar-refractivity contribution in [1.29, 1.82) is 0 Å². The summed E-state index contributed by atoms with van der Waals surface area (Å²) in [5, 5.41) is 10.5. The number of fused-ring (bicyclic) bond motifs is 1. The largest absolute Gasteiger partial charge is 0.387 e. The van der Waals surface area contributed by atoms with Crippen LogP contribution in [-0.2, 0) is 0 Å². The van der Waals surface area contributed by atoms with Crippen LogP contribution in [0.5, 0.6) is 0 Å². The average Bonchev–Trinajstić information content (AvgIpc) is 2.88. The van der Waals surface area contributed by atoms with E-state index in [0.717, 1.165) is 28.3 Å². The van der Waals surface area contributed by atoms with E-state index >= 15 is 0 Å². The predicted molar refractivity (Wildman–Crippen MR) is 85.4 cm³/mol. The Morgan fingerprint density at radius 3 is 2.48 bits per heavy atom. The van der Waals surface area contributed by atoms with Crippen LogP contribution in [0, 0.1) is 13.8 Å². The number of hydrogen-bond donors (Lipinski definition) is 1. The summed E-state index contributed by atoms with van der Waals surface area (Å²) in [5.41, 5.74) is 5.99. The van der Waals surface area contributed by atoms with Crippen LogP contribution in [0.3, 0.4) is 0 Å². The Labute approximate surface area is 124 Å². The number of nitrogens with zero attached hydrogens (tertiary/aromatic N) is 2. The number of aromatic nitrogens is 2. The van der Waals surface area contributed by atoms with Crippen molar-refractivity contribution in [3.63, 3.8) is 0 Å². The summed E-state index contributed by atoms with van der Waals surface area (Å²) in [4.78, 5) is 4.75. The van der Waals surface area contributed by atoms with Gasteiger partial charge in [0.05, 0.1) is 17.5 Å². The molecular formula is C18H20N2O. The molecule has 3 aromatic rings. The summed E-state index contributed by atoms with van der Waals surface area (Å²) >= 11 is 0. The van der Waals surface area contributed by atoms with Gasteiger partial charge in [-0.1, -0.05) is 42.8 Å². The van der Waals surface area contributed by atoms with E-state index in [0.29, 0.717) is 6.42 Å². The van der Waals surface area contributed by atoms with Crippen LogP contribution in [0.1, 0.15) is 36.4 Å². The molecule has 0 bridgehead atoms. The van der Waals surface area contributed by atoms with Crippen molar-refractivity contribution in [3.8, 4) is 11.3 Å². The third kappa shape index (κ3) is 2.34. The molecule has 0 aliphatic rings. The Kier molecular flexibility index (Phi) is 3.52. The molecule has 3 heteroatoms. The lowest BCUT2D eigenvalue weighted by molar-refractivity contribution is 0.168. The molecule has 0 radical (unpaired) electrons. The van der Waals surface area contributed by atoms with Gasteiger partial charge in [-0.15, -0.1) is 0 Å². The maximum atomic E-state index is 10.5. The van der Waals surface area contributed by atoms with Gasteiger partial charge in [0.2, 0.25) is 0 Å². The second-order valence-corrected chi connectivity index (χ2v) is 5.50. The van der Waals surface area contributed by atoms with E-state index in [1.54, 1.807) is 0 Å². The van der Waals surface area contributed by atoms with Gasteiger partial charge < -0.3 is 5.11 Å². The zero-order valence-corrected chi connectivity index (χ0v) is 12.7. The van der Waals surface area contributed by atoms with E-state index in [1.165, 1.54) is 5.56 Å². The van der Waals surface area contributed by atoms with Crippen LogP contribution < -0.4 is 0 Å². The van der Waals surface area contributed by atoms with Crippen molar-refractivity contribution < 1.29 is 5.11 Å². The molecule has 0 aliphatic heterocycles. The van der Waals surface area contributed by atoms with Crippen LogP contribution in [0.2, 0.25) is 0 Å². The predicted octanol–water partition coefficient (Wildman–Crippen LogP) is 4.06. The third-order valence-corrected chi connectivity index (χ3v) is 3.90. The molecule has 3 nitrogen and oxygen atoms in total. The van der Waals surface area contributed by atoms with Crippen molar-refractivity contribution in [2.24, 2.45) is 0 Å². The lowest BCUT2D eigenvalue weighted by Gasteiger charge is -2.12. The van der Waals surface area contributed by atoms with Gasteiger partial charge in [-0.2, -0.15) is 0 Å². The molecule has 0 aliphatic carbocycles. The lowest BCUT2D eigenvalue weighted by atomic mass is 10.0. The molecule has 0 saturated carbocycles. The SMILES string of the molecule is CCC(O)c1c(-c2ccc(C)cc2)nc2cccc(C)n12. The Hall–Kier alpha value is -2.13. The highest BCUT2D eigenvalue weighted by Crippen LogP contribution is 2.31.